The molecule has 18 heavy (non-hydrogen) atoms. The zero-order valence-electron chi connectivity index (χ0n) is 10.7. The summed E-state index contributed by atoms with van der Waals surface area (Å²) >= 11 is 0. The van der Waals surface area contributed by atoms with Crippen LogP contribution in [0.5, 0.6) is 0 Å². The number of anilines is 1. The van der Waals surface area contributed by atoms with E-state index < -0.39 is 5.97 Å². The Balaban J connectivity index is 2.39. The van der Waals surface area contributed by atoms with E-state index in [0.29, 0.717) is 24.5 Å². The van der Waals surface area contributed by atoms with Crippen LogP contribution in [0.1, 0.15) is 10.4 Å². The molecule has 0 unspecified atom stereocenters. The minimum absolute atomic E-state index is 0.391. The molecule has 1 aromatic rings. The molecule has 0 aliphatic heterocycles. The molecule has 0 aromatic carbocycles. The molecule has 0 saturated carbocycles. The number of carbonyl (C=O) groups excluding carboxylic acids is 1. The van der Waals surface area contributed by atoms with Crippen LogP contribution in [0.3, 0.4) is 0 Å². The number of aromatic nitrogens is 1. The van der Waals surface area contributed by atoms with Gasteiger partial charge in [0.15, 0.2) is 0 Å². The predicted molar refractivity (Wildman–Crippen MR) is 68.8 cm³/mol. The van der Waals surface area contributed by atoms with Gasteiger partial charge in [0.1, 0.15) is 11.4 Å². The number of nitrogens with zero attached hydrogens (tertiary/aromatic N) is 1. The van der Waals surface area contributed by atoms with Gasteiger partial charge in [0.25, 0.3) is 0 Å². The molecule has 0 atom stereocenters. The molecular formula is C12H19N3O3. The van der Waals surface area contributed by atoms with Crippen LogP contribution in [-0.2, 0) is 9.47 Å². The van der Waals surface area contributed by atoms with Gasteiger partial charge in [-0.3, -0.25) is 0 Å². The molecule has 0 amide bonds. The molecule has 0 bridgehead atoms. The van der Waals surface area contributed by atoms with Gasteiger partial charge in [0.05, 0.1) is 13.7 Å². The summed E-state index contributed by atoms with van der Waals surface area (Å²) < 4.78 is 9.60. The highest BCUT2D eigenvalue weighted by Crippen LogP contribution is 2.11. The third-order valence-corrected chi connectivity index (χ3v) is 2.29. The number of methoxy groups -OCH3 is 2. The average Bonchev–Trinajstić information content (AvgIpc) is 2.42. The fraction of sp³-hybridized carbons (Fsp3) is 0.500. The fourth-order valence-corrected chi connectivity index (χ4v) is 1.39. The standard InChI is InChI=1S/C12H19N3O3/c1-17-9-8-13-6-7-15-11-10(12(16)18-2)4-3-5-14-11/h3-5,13H,6-9H2,1-2H3,(H,14,15). The highest BCUT2D eigenvalue weighted by atomic mass is 16.5. The minimum Gasteiger partial charge on any atom is -0.465 e. The molecule has 0 aliphatic carbocycles. The monoisotopic (exact) mass is 253 g/mol. The van der Waals surface area contributed by atoms with E-state index >= 15 is 0 Å². The van der Waals surface area contributed by atoms with Gasteiger partial charge in [-0.15, -0.1) is 0 Å². The zero-order valence-corrected chi connectivity index (χ0v) is 10.7. The Morgan fingerprint density at radius 1 is 1.33 bits per heavy atom. The van der Waals surface area contributed by atoms with Crippen molar-refractivity contribution in [3.63, 3.8) is 0 Å². The third-order valence-electron chi connectivity index (χ3n) is 2.29. The molecule has 0 radical (unpaired) electrons. The molecule has 1 heterocycles. The van der Waals surface area contributed by atoms with Crippen LogP contribution in [0.25, 0.3) is 0 Å². The highest BCUT2D eigenvalue weighted by Gasteiger charge is 2.11. The largest absolute Gasteiger partial charge is 0.465 e. The number of hydrogen-bond acceptors (Lipinski definition) is 6. The first-order valence-corrected chi connectivity index (χ1v) is 5.76. The van der Waals surface area contributed by atoms with E-state index in [1.165, 1.54) is 7.11 Å². The maximum Gasteiger partial charge on any atom is 0.341 e. The van der Waals surface area contributed by atoms with E-state index in [1.807, 2.05) is 0 Å². The Kier molecular flexibility index (Phi) is 6.75. The molecule has 2 N–H and O–H groups in total. The number of pyridine rings is 1. The second kappa shape index (κ2) is 8.43. The summed E-state index contributed by atoms with van der Waals surface area (Å²) in [7, 11) is 3.02. The Bertz CT molecular complexity index is 371. The molecule has 6 heteroatoms. The van der Waals surface area contributed by atoms with Gasteiger partial charge in [-0.2, -0.15) is 0 Å². The molecule has 0 saturated heterocycles. The summed E-state index contributed by atoms with van der Waals surface area (Å²) in [6.45, 7) is 2.91. The lowest BCUT2D eigenvalue weighted by Gasteiger charge is -2.09. The van der Waals surface area contributed by atoms with E-state index in [-0.39, 0.29) is 0 Å². The van der Waals surface area contributed by atoms with Crippen LogP contribution in [0.4, 0.5) is 5.82 Å². The molecule has 1 rings (SSSR count). The normalized spacial score (nSPS) is 10.1. The van der Waals surface area contributed by atoms with E-state index in [1.54, 1.807) is 25.4 Å². The van der Waals surface area contributed by atoms with Crippen molar-refractivity contribution in [2.45, 2.75) is 0 Å². The van der Waals surface area contributed by atoms with Crippen molar-refractivity contribution in [1.82, 2.24) is 10.3 Å². The van der Waals surface area contributed by atoms with Gasteiger partial charge in [-0.1, -0.05) is 0 Å². The molecule has 0 aliphatic rings. The van der Waals surface area contributed by atoms with Crippen LogP contribution >= 0.6 is 0 Å². The number of nitrogens with one attached hydrogen (secondary N) is 2. The third kappa shape index (κ3) is 4.68. The van der Waals surface area contributed by atoms with Crippen LogP contribution in [-0.4, -0.2) is 51.4 Å². The first-order valence-electron chi connectivity index (χ1n) is 5.76. The minimum atomic E-state index is -0.391. The second-order valence-electron chi connectivity index (χ2n) is 3.56. The Hall–Kier alpha value is -1.66. The van der Waals surface area contributed by atoms with Crippen molar-refractivity contribution in [2.75, 3.05) is 45.8 Å². The summed E-state index contributed by atoms with van der Waals surface area (Å²) in [5, 5.41) is 6.28. The quantitative estimate of drug-likeness (QED) is 0.520. The smallest absolute Gasteiger partial charge is 0.341 e. The van der Waals surface area contributed by atoms with Crippen molar-refractivity contribution in [2.24, 2.45) is 0 Å². The second-order valence-corrected chi connectivity index (χ2v) is 3.56. The van der Waals surface area contributed by atoms with Gasteiger partial charge in [0.2, 0.25) is 0 Å². The lowest BCUT2D eigenvalue weighted by Crippen LogP contribution is -2.26. The van der Waals surface area contributed by atoms with Crippen LogP contribution in [0.15, 0.2) is 18.3 Å². The van der Waals surface area contributed by atoms with Crippen molar-refractivity contribution in [3.8, 4) is 0 Å². The number of carbonyl (C=O) groups is 1. The average molecular weight is 253 g/mol. The van der Waals surface area contributed by atoms with Gasteiger partial charge in [0, 0.05) is 32.9 Å². The number of esters is 1. The van der Waals surface area contributed by atoms with Crippen molar-refractivity contribution in [3.05, 3.63) is 23.9 Å². The van der Waals surface area contributed by atoms with Crippen LogP contribution in [0, 0.1) is 0 Å². The lowest BCUT2D eigenvalue weighted by atomic mass is 10.2. The maximum absolute atomic E-state index is 11.5. The summed E-state index contributed by atoms with van der Waals surface area (Å²) in [4.78, 5) is 15.6. The van der Waals surface area contributed by atoms with Crippen molar-refractivity contribution >= 4 is 11.8 Å². The topological polar surface area (TPSA) is 72.5 Å². The molecule has 0 spiro atoms. The van der Waals surface area contributed by atoms with Crippen LogP contribution < -0.4 is 10.6 Å². The number of rotatable bonds is 8. The fourth-order valence-electron chi connectivity index (χ4n) is 1.39. The van der Waals surface area contributed by atoms with Crippen molar-refractivity contribution in [1.29, 1.82) is 0 Å². The first kappa shape index (κ1) is 14.4. The summed E-state index contributed by atoms with van der Waals surface area (Å²) in [6.07, 6.45) is 1.63. The molecule has 1 aromatic heterocycles. The molecule has 100 valence electrons. The Morgan fingerprint density at radius 2 is 2.17 bits per heavy atom. The maximum atomic E-state index is 11.5. The Labute approximate surface area is 107 Å². The Morgan fingerprint density at radius 3 is 2.89 bits per heavy atom. The predicted octanol–water partition coefficient (Wildman–Crippen LogP) is 0.516. The van der Waals surface area contributed by atoms with E-state index in [2.05, 4.69) is 20.4 Å². The van der Waals surface area contributed by atoms with E-state index in [9.17, 15) is 4.79 Å². The van der Waals surface area contributed by atoms with Crippen molar-refractivity contribution < 1.29 is 14.3 Å². The molecule has 0 fully saturated rings. The van der Waals surface area contributed by atoms with Crippen LogP contribution in [0.2, 0.25) is 0 Å². The van der Waals surface area contributed by atoms with Gasteiger partial charge in [-0.05, 0) is 12.1 Å². The lowest BCUT2D eigenvalue weighted by molar-refractivity contribution is 0.0601. The van der Waals surface area contributed by atoms with Gasteiger partial charge < -0.3 is 20.1 Å². The highest BCUT2D eigenvalue weighted by molar-refractivity contribution is 5.94. The summed E-state index contributed by atoms with van der Waals surface area (Å²) in [5.41, 5.74) is 0.442. The van der Waals surface area contributed by atoms with Gasteiger partial charge >= 0.3 is 5.97 Å². The van der Waals surface area contributed by atoms with E-state index in [0.717, 1.165) is 13.1 Å². The first-order chi connectivity index (χ1) is 8.79. The summed E-state index contributed by atoms with van der Waals surface area (Å²) in [6, 6.07) is 3.38. The SMILES string of the molecule is COCCNCCNc1ncccc1C(=O)OC. The number of ether oxygens (including phenoxy) is 2. The van der Waals surface area contributed by atoms with Gasteiger partial charge in [-0.25, -0.2) is 9.78 Å². The van der Waals surface area contributed by atoms with E-state index in [4.69, 9.17) is 4.74 Å². The number of hydrogen-bond donors (Lipinski definition) is 2. The molecule has 6 nitrogen and oxygen atoms in total. The molecular weight excluding hydrogens is 234 g/mol. The summed E-state index contributed by atoms with van der Waals surface area (Å²) in [5.74, 6) is 0.149. The zero-order chi connectivity index (χ0) is 13.2.